The Kier molecular flexibility index (Phi) is 4.32. The van der Waals surface area contributed by atoms with Gasteiger partial charge >= 0.3 is 5.97 Å². The number of nitrogens with zero attached hydrogens (tertiary/aromatic N) is 1. The predicted octanol–water partition coefficient (Wildman–Crippen LogP) is 2.78. The zero-order valence-corrected chi connectivity index (χ0v) is 14.2. The van der Waals surface area contributed by atoms with Crippen LogP contribution in [-0.2, 0) is 9.53 Å². The van der Waals surface area contributed by atoms with Gasteiger partial charge in [0.1, 0.15) is 11.4 Å². The molecule has 1 aliphatic rings. The molecule has 0 aliphatic carbocycles. The van der Waals surface area contributed by atoms with Gasteiger partial charge in [-0.3, -0.25) is 0 Å². The van der Waals surface area contributed by atoms with E-state index in [9.17, 15) is 4.79 Å². The standard InChI is InChI=1S/C16H21NO3Si/c1-11-6-7-12(21(3,4)5)10-14(11)20-15-9-8-13(17-15)16(18)19-2/h6-8,10H,9H2,1-5H3. The second kappa shape index (κ2) is 5.85. The molecule has 0 saturated carbocycles. The predicted molar refractivity (Wildman–Crippen MR) is 86.9 cm³/mol. The molecule has 0 bridgehead atoms. The Morgan fingerprint density at radius 1 is 1.29 bits per heavy atom. The Bertz CT molecular complexity index is 627. The van der Waals surface area contributed by atoms with Crippen LogP contribution in [0.1, 0.15) is 12.0 Å². The lowest BCUT2D eigenvalue weighted by Crippen LogP contribution is -2.37. The molecule has 0 unspecified atom stereocenters. The van der Waals surface area contributed by atoms with Crippen LogP contribution in [-0.4, -0.2) is 27.1 Å². The summed E-state index contributed by atoms with van der Waals surface area (Å²) in [5.74, 6) is 0.917. The van der Waals surface area contributed by atoms with Gasteiger partial charge in [-0.25, -0.2) is 9.79 Å². The summed E-state index contributed by atoms with van der Waals surface area (Å²) in [6, 6.07) is 6.34. The maximum atomic E-state index is 11.4. The van der Waals surface area contributed by atoms with E-state index in [0.717, 1.165) is 11.3 Å². The highest BCUT2D eigenvalue weighted by Gasteiger charge is 2.20. The van der Waals surface area contributed by atoms with E-state index in [1.165, 1.54) is 12.3 Å². The van der Waals surface area contributed by atoms with Crippen LogP contribution < -0.4 is 9.92 Å². The van der Waals surface area contributed by atoms with Crippen LogP contribution in [0.4, 0.5) is 0 Å². The maximum Gasteiger partial charge on any atom is 0.356 e. The van der Waals surface area contributed by atoms with E-state index in [1.54, 1.807) is 6.08 Å². The van der Waals surface area contributed by atoms with Crippen molar-refractivity contribution in [2.45, 2.75) is 33.0 Å². The first-order chi connectivity index (χ1) is 9.81. The largest absolute Gasteiger partial charge is 0.464 e. The molecule has 0 fully saturated rings. The fraction of sp³-hybridized carbons (Fsp3) is 0.375. The molecule has 4 nitrogen and oxygen atoms in total. The van der Waals surface area contributed by atoms with Crippen LogP contribution in [0, 0.1) is 6.92 Å². The molecule has 0 atom stereocenters. The van der Waals surface area contributed by atoms with E-state index >= 15 is 0 Å². The van der Waals surface area contributed by atoms with E-state index in [0.29, 0.717) is 18.0 Å². The van der Waals surface area contributed by atoms with Crippen molar-refractivity contribution in [3.05, 3.63) is 35.5 Å². The lowest BCUT2D eigenvalue weighted by molar-refractivity contribution is -0.136. The fourth-order valence-corrected chi connectivity index (χ4v) is 3.16. The average molecular weight is 303 g/mol. The molecule has 0 spiro atoms. The van der Waals surface area contributed by atoms with Crippen molar-refractivity contribution in [3.8, 4) is 5.75 Å². The van der Waals surface area contributed by atoms with Crippen molar-refractivity contribution in [2.24, 2.45) is 4.99 Å². The minimum absolute atomic E-state index is 0.312. The third-order valence-electron chi connectivity index (χ3n) is 3.39. The van der Waals surface area contributed by atoms with Gasteiger partial charge in [-0.2, -0.15) is 0 Å². The Balaban J connectivity index is 2.20. The monoisotopic (exact) mass is 303 g/mol. The summed E-state index contributed by atoms with van der Waals surface area (Å²) in [7, 11) is -0.0413. The maximum absolute atomic E-state index is 11.4. The zero-order valence-electron chi connectivity index (χ0n) is 13.2. The Labute approximate surface area is 126 Å². The first-order valence-corrected chi connectivity index (χ1v) is 10.5. The highest BCUT2D eigenvalue weighted by atomic mass is 28.3. The highest BCUT2D eigenvalue weighted by Crippen LogP contribution is 2.21. The van der Waals surface area contributed by atoms with Crippen molar-refractivity contribution in [3.63, 3.8) is 0 Å². The molecule has 112 valence electrons. The number of aryl methyl sites for hydroxylation is 1. The average Bonchev–Trinajstić information content (AvgIpc) is 2.87. The normalized spacial score (nSPS) is 14.5. The second-order valence-corrected chi connectivity index (χ2v) is 11.2. The van der Waals surface area contributed by atoms with Gasteiger partial charge in [0.25, 0.3) is 0 Å². The fourth-order valence-electron chi connectivity index (χ4n) is 2.01. The molecule has 0 aromatic heterocycles. The number of rotatable bonds is 3. The summed E-state index contributed by atoms with van der Waals surface area (Å²) >= 11 is 0. The van der Waals surface area contributed by atoms with Crippen LogP contribution in [0.3, 0.4) is 0 Å². The number of hydrogen-bond acceptors (Lipinski definition) is 4. The van der Waals surface area contributed by atoms with Crippen LogP contribution in [0.15, 0.2) is 35.0 Å². The lowest BCUT2D eigenvalue weighted by Gasteiger charge is -2.18. The van der Waals surface area contributed by atoms with Gasteiger partial charge in [0.2, 0.25) is 0 Å². The van der Waals surface area contributed by atoms with Crippen molar-refractivity contribution < 1.29 is 14.3 Å². The minimum Gasteiger partial charge on any atom is -0.464 e. The van der Waals surface area contributed by atoms with Gasteiger partial charge in [0.15, 0.2) is 5.90 Å². The molecule has 1 aromatic rings. The smallest absolute Gasteiger partial charge is 0.356 e. The van der Waals surface area contributed by atoms with Crippen LogP contribution in [0.2, 0.25) is 19.6 Å². The topological polar surface area (TPSA) is 47.9 Å². The molecule has 0 radical (unpaired) electrons. The number of esters is 1. The molecule has 2 rings (SSSR count). The van der Waals surface area contributed by atoms with Gasteiger partial charge in [-0.15, -0.1) is 0 Å². The number of carbonyl (C=O) groups excluding carboxylic acids is 1. The van der Waals surface area contributed by atoms with Crippen LogP contribution in [0.5, 0.6) is 5.75 Å². The molecule has 1 aliphatic heterocycles. The van der Waals surface area contributed by atoms with Gasteiger partial charge in [-0.05, 0) is 24.6 Å². The third-order valence-corrected chi connectivity index (χ3v) is 5.43. The van der Waals surface area contributed by atoms with Crippen molar-refractivity contribution in [1.29, 1.82) is 0 Å². The van der Waals surface area contributed by atoms with Gasteiger partial charge in [-0.1, -0.05) is 37.0 Å². The first kappa shape index (κ1) is 15.5. The quantitative estimate of drug-likeness (QED) is 0.637. The van der Waals surface area contributed by atoms with E-state index in [1.807, 2.05) is 6.92 Å². The molecule has 21 heavy (non-hydrogen) atoms. The lowest BCUT2D eigenvalue weighted by atomic mass is 10.2. The molecule has 0 amide bonds. The van der Waals surface area contributed by atoms with E-state index < -0.39 is 14.0 Å². The highest BCUT2D eigenvalue weighted by molar-refractivity contribution is 6.88. The minimum atomic E-state index is -1.39. The third kappa shape index (κ3) is 3.61. The summed E-state index contributed by atoms with van der Waals surface area (Å²) in [6.07, 6.45) is 2.24. The number of methoxy groups -OCH3 is 1. The molecule has 0 N–H and O–H groups in total. The number of aliphatic imine (C=N–C) groups is 1. The number of hydrogen-bond donors (Lipinski definition) is 0. The van der Waals surface area contributed by atoms with Crippen molar-refractivity contribution >= 4 is 25.1 Å². The summed E-state index contributed by atoms with van der Waals surface area (Å²) in [5, 5.41) is 1.34. The van der Waals surface area contributed by atoms with E-state index in [2.05, 4.69) is 47.6 Å². The van der Waals surface area contributed by atoms with E-state index in [4.69, 9.17) is 4.74 Å². The first-order valence-electron chi connectivity index (χ1n) is 6.96. The second-order valence-electron chi connectivity index (χ2n) is 6.12. The number of ether oxygens (including phenoxy) is 2. The molecule has 1 heterocycles. The summed E-state index contributed by atoms with van der Waals surface area (Å²) in [4.78, 5) is 15.6. The Morgan fingerprint density at radius 2 is 2.00 bits per heavy atom. The van der Waals surface area contributed by atoms with Gasteiger partial charge < -0.3 is 9.47 Å². The molecule has 0 saturated heterocycles. The SMILES string of the molecule is COC(=O)C1=CCC(Oc2cc([Si](C)(C)C)ccc2C)=N1. The summed E-state index contributed by atoms with van der Waals surface area (Å²) < 4.78 is 10.5. The molecular weight excluding hydrogens is 282 g/mol. The summed E-state index contributed by atoms with van der Waals surface area (Å²) in [5.41, 5.74) is 1.37. The Morgan fingerprint density at radius 3 is 2.62 bits per heavy atom. The number of benzene rings is 1. The number of carbonyl (C=O) groups is 1. The summed E-state index contributed by atoms with van der Waals surface area (Å²) in [6.45, 7) is 8.90. The molecule has 5 heteroatoms. The van der Waals surface area contributed by atoms with E-state index in [-0.39, 0.29) is 0 Å². The van der Waals surface area contributed by atoms with Crippen LogP contribution in [0.25, 0.3) is 0 Å². The van der Waals surface area contributed by atoms with Crippen LogP contribution >= 0.6 is 0 Å². The van der Waals surface area contributed by atoms with Gasteiger partial charge in [0, 0.05) is 6.42 Å². The Hall–Kier alpha value is -1.88. The van der Waals surface area contributed by atoms with Crippen molar-refractivity contribution in [2.75, 3.05) is 7.11 Å². The molecule has 1 aromatic carbocycles. The van der Waals surface area contributed by atoms with Crippen molar-refractivity contribution in [1.82, 2.24) is 0 Å². The zero-order chi connectivity index (χ0) is 15.6. The molecular formula is C16H21NO3Si. The van der Waals surface area contributed by atoms with Gasteiger partial charge in [0.05, 0.1) is 15.2 Å².